The first-order chi connectivity index (χ1) is 11.7. The van der Waals surface area contributed by atoms with E-state index in [4.69, 9.17) is 9.47 Å². The largest absolute Gasteiger partial charge is 0.493 e. The zero-order valence-corrected chi connectivity index (χ0v) is 14.6. The van der Waals surface area contributed by atoms with Gasteiger partial charge in [-0.3, -0.25) is 9.36 Å². The Hall–Kier alpha value is -2.47. The first kappa shape index (κ1) is 16.4. The first-order valence-corrected chi connectivity index (χ1v) is 8.65. The van der Waals surface area contributed by atoms with Crippen LogP contribution in [0, 0.1) is 0 Å². The lowest BCUT2D eigenvalue weighted by atomic mass is 10.2. The maximum atomic E-state index is 12.8. The Morgan fingerprint density at radius 3 is 2.54 bits per heavy atom. The highest BCUT2D eigenvalue weighted by Crippen LogP contribution is 2.28. The number of benzene rings is 2. The summed E-state index contributed by atoms with van der Waals surface area (Å²) in [7, 11) is 3.19. The van der Waals surface area contributed by atoms with E-state index in [1.54, 1.807) is 24.9 Å². The Balaban J connectivity index is 2.10. The third-order valence-corrected chi connectivity index (χ3v) is 4.47. The van der Waals surface area contributed by atoms with Gasteiger partial charge in [-0.05, 0) is 36.1 Å². The van der Waals surface area contributed by atoms with Gasteiger partial charge >= 0.3 is 0 Å². The molecule has 0 aliphatic heterocycles. The number of hydrogen-bond donors (Lipinski definition) is 0. The lowest BCUT2D eigenvalue weighted by Crippen LogP contribution is -2.23. The average Bonchev–Trinajstić information content (AvgIpc) is 2.63. The fraction of sp³-hybridized carbons (Fsp3) is 0.222. The number of methoxy groups -OCH3 is 2. The van der Waals surface area contributed by atoms with E-state index in [1.165, 1.54) is 11.8 Å². The molecule has 0 radical (unpaired) electrons. The van der Waals surface area contributed by atoms with Crippen LogP contribution >= 0.6 is 11.8 Å². The molecule has 6 heteroatoms. The van der Waals surface area contributed by atoms with Crippen LogP contribution in [0.1, 0.15) is 5.56 Å². The highest BCUT2D eigenvalue weighted by molar-refractivity contribution is 7.98. The summed E-state index contributed by atoms with van der Waals surface area (Å²) in [6, 6.07) is 13.0. The third-order valence-electron chi connectivity index (χ3n) is 3.80. The fourth-order valence-corrected chi connectivity index (χ4v) is 3.16. The van der Waals surface area contributed by atoms with Crippen molar-refractivity contribution in [2.75, 3.05) is 20.5 Å². The molecular formula is C18H18N2O3S. The van der Waals surface area contributed by atoms with Gasteiger partial charge in [-0.2, -0.15) is 0 Å². The van der Waals surface area contributed by atoms with E-state index < -0.39 is 0 Å². The molecule has 0 saturated carbocycles. The Morgan fingerprint density at radius 1 is 1.08 bits per heavy atom. The third kappa shape index (κ3) is 2.97. The molecule has 0 spiro atoms. The lowest BCUT2D eigenvalue weighted by molar-refractivity contribution is 0.354. The van der Waals surface area contributed by atoms with Gasteiger partial charge in [-0.25, -0.2) is 4.98 Å². The molecule has 0 atom stereocenters. The van der Waals surface area contributed by atoms with Crippen molar-refractivity contribution < 1.29 is 9.47 Å². The number of hydrogen-bond acceptors (Lipinski definition) is 5. The highest BCUT2D eigenvalue weighted by atomic mass is 32.2. The van der Waals surface area contributed by atoms with Crippen LogP contribution in [0.4, 0.5) is 0 Å². The Labute approximate surface area is 144 Å². The highest BCUT2D eigenvalue weighted by Gasteiger charge is 2.12. The Kier molecular flexibility index (Phi) is 4.76. The van der Waals surface area contributed by atoms with Gasteiger partial charge in [-0.15, -0.1) is 0 Å². The zero-order valence-electron chi connectivity index (χ0n) is 13.8. The van der Waals surface area contributed by atoms with E-state index in [0.717, 1.165) is 11.1 Å². The van der Waals surface area contributed by atoms with E-state index in [-0.39, 0.29) is 5.56 Å². The van der Waals surface area contributed by atoms with Crippen molar-refractivity contribution in [2.45, 2.75) is 11.7 Å². The summed E-state index contributed by atoms with van der Waals surface area (Å²) in [5.74, 6) is 1.30. The summed E-state index contributed by atoms with van der Waals surface area (Å²) in [5.41, 5.74) is 1.62. The van der Waals surface area contributed by atoms with Gasteiger partial charge in [0.15, 0.2) is 16.7 Å². The van der Waals surface area contributed by atoms with Crippen LogP contribution in [0.2, 0.25) is 0 Å². The second kappa shape index (κ2) is 6.97. The second-order valence-electron chi connectivity index (χ2n) is 5.20. The molecule has 0 N–H and O–H groups in total. The Bertz CT molecular complexity index is 937. The average molecular weight is 342 g/mol. The molecule has 0 aliphatic carbocycles. The van der Waals surface area contributed by atoms with Crippen molar-refractivity contribution >= 4 is 22.7 Å². The van der Waals surface area contributed by atoms with Gasteiger partial charge in [0, 0.05) is 0 Å². The van der Waals surface area contributed by atoms with Crippen molar-refractivity contribution in [1.82, 2.24) is 9.55 Å². The number of rotatable bonds is 5. The summed E-state index contributed by atoms with van der Waals surface area (Å²) in [6.45, 7) is 0.424. The van der Waals surface area contributed by atoms with Gasteiger partial charge in [-0.1, -0.05) is 30.0 Å². The molecule has 24 heavy (non-hydrogen) atoms. The lowest BCUT2D eigenvalue weighted by Gasteiger charge is -2.13. The van der Waals surface area contributed by atoms with Crippen molar-refractivity contribution in [2.24, 2.45) is 0 Å². The minimum Gasteiger partial charge on any atom is -0.493 e. The standard InChI is InChI=1S/C18H18N2O3S/c1-22-15-9-8-12(10-16(15)23-2)11-20-17(21)13-6-4-5-7-14(13)19-18(20)24-3/h4-10H,11H2,1-3H3. The molecule has 0 saturated heterocycles. The number of ether oxygens (including phenoxy) is 2. The molecule has 0 amide bonds. The summed E-state index contributed by atoms with van der Waals surface area (Å²) in [5, 5.41) is 1.31. The minimum absolute atomic E-state index is 0.0419. The van der Waals surface area contributed by atoms with Crippen LogP contribution in [0.5, 0.6) is 11.5 Å². The van der Waals surface area contributed by atoms with Crippen molar-refractivity contribution in [1.29, 1.82) is 0 Å². The van der Waals surface area contributed by atoms with Crippen molar-refractivity contribution in [3.63, 3.8) is 0 Å². The number of thioether (sulfide) groups is 1. The number of para-hydroxylation sites is 1. The van der Waals surface area contributed by atoms with Crippen LogP contribution in [0.3, 0.4) is 0 Å². The second-order valence-corrected chi connectivity index (χ2v) is 5.97. The van der Waals surface area contributed by atoms with E-state index in [2.05, 4.69) is 4.98 Å². The van der Waals surface area contributed by atoms with Crippen LogP contribution in [-0.4, -0.2) is 30.0 Å². The molecule has 3 aromatic rings. The number of aromatic nitrogens is 2. The molecular weight excluding hydrogens is 324 g/mol. The summed E-state index contributed by atoms with van der Waals surface area (Å²) < 4.78 is 12.3. The Morgan fingerprint density at radius 2 is 1.83 bits per heavy atom. The molecule has 1 aromatic heterocycles. The molecule has 2 aromatic carbocycles. The zero-order chi connectivity index (χ0) is 17.1. The van der Waals surface area contributed by atoms with E-state index in [9.17, 15) is 4.79 Å². The molecule has 0 aliphatic rings. The van der Waals surface area contributed by atoms with Gasteiger partial charge in [0.25, 0.3) is 5.56 Å². The molecule has 0 unspecified atom stereocenters. The van der Waals surface area contributed by atoms with Crippen LogP contribution in [0.15, 0.2) is 52.4 Å². The van der Waals surface area contributed by atoms with Gasteiger partial charge < -0.3 is 9.47 Å². The summed E-state index contributed by atoms with van der Waals surface area (Å²) in [6.07, 6.45) is 1.92. The van der Waals surface area contributed by atoms with Gasteiger partial charge in [0.2, 0.25) is 0 Å². The molecule has 3 rings (SSSR count). The predicted molar refractivity (Wildman–Crippen MR) is 96.4 cm³/mol. The van der Waals surface area contributed by atoms with Crippen molar-refractivity contribution in [3.8, 4) is 11.5 Å². The molecule has 0 fully saturated rings. The maximum absolute atomic E-state index is 12.8. The monoisotopic (exact) mass is 342 g/mol. The van der Waals surface area contributed by atoms with E-state index in [1.807, 2.05) is 42.7 Å². The molecule has 0 bridgehead atoms. The van der Waals surface area contributed by atoms with Crippen LogP contribution in [0.25, 0.3) is 10.9 Å². The van der Waals surface area contributed by atoms with E-state index in [0.29, 0.717) is 28.6 Å². The van der Waals surface area contributed by atoms with Crippen LogP contribution < -0.4 is 15.0 Å². The molecule has 124 valence electrons. The molecule has 5 nitrogen and oxygen atoms in total. The fourth-order valence-electron chi connectivity index (χ4n) is 2.60. The first-order valence-electron chi connectivity index (χ1n) is 7.42. The summed E-state index contributed by atoms with van der Waals surface area (Å²) >= 11 is 1.46. The SMILES string of the molecule is COc1ccc(Cn2c(SC)nc3ccccc3c2=O)cc1OC. The summed E-state index contributed by atoms with van der Waals surface area (Å²) in [4.78, 5) is 17.4. The minimum atomic E-state index is -0.0419. The smallest absolute Gasteiger partial charge is 0.262 e. The topological polar surface area (TPSA) is 53.4 Å². The maximum Gasteiger partial charge on any atom is 0.262 e. The predicted octanol–water partition coefficient (Wildman–Crippen LogP) is 3.18. The number of nitrogens with zero attached hydrogens (tertiary/aromatic N) is 2. The van der Waals surface area contributed by atoms with E-state index >= 15 is 0 Å². The molecule has 1 heterocycles. The normalized spacial score (nSPS) is 10.8. The van der Waals surface area contributed by atoms with Crippen LogP contribution in [-0.2, 0) is 6.54 Å². The van der Waals surface area contributed by atoms with Gasteiger partial charge in [0.05, 0.1) is 31.7 Å². The van der Waals surface area contributed by atoms with Crippen molar-refractivity contribution in [3.05, 3.63) is 58.4 Å². The number of fused-ring (bicyclic) bond motifs is 1. The van der Waals surface area contributed by atoms with Gasteiger partial charge in [0.1, 0.15) is 0 Å². The quantitative estimate of drug-likeness (QED) is 0.526.